The van der Waals surface area contributed by atoms with Crippen LogP contribution >= 0.6 is 0 Å². The van der Waals surface area contributed by atoms with Crippen LogP contribution in [0.1, 0.15) is 5.56 Å². The molecule has 2 aromatic rings. The van der Waals surface area contributed by atoms with Crippen molar-refractivity contribution in [3.63, 3.8) is 0 Å². The maximum atomic E-state index is 5.14. The van der Waals surface area contributed by atoms with Gasteiger partial charge in [0, 0.05) is 25.1 Å². The van der Waals surface area contributed by atoms with Crippen LogP contribution in [0.15, 0.2) is 30.7 Å². The highest BCUT2D eigenvalue weighted by atomic mass is 15.0. The second-order valence-electron chi connectivity index (χ2n) is 3.04. The summed E-state index contributed by atoms with van der Waals surface area (Å²) in [7, 11) is 0. The van der Waals surface area contributed by atoms with Gasteiger partial charge in [-0.05, 0) is 11.6 Å². The minimum atomic E-state index is 0.599. The lowest BCUT2D eigenvalue weighted by molar-refractivity contribution is 0.765. The molecule has 0 aliphatic rings. The molecule has 0 aromatic carbocycles. The van der Waals surface area contributed by atoms with E-state index < -0.39 is 0 Å². The zero-order valence-corrected chi connectivity index (χ0v) is 7.77. The highest BCUT2D eigenvalue weighted by Crippen LogP contribution is 2.03. The van der Waals surface area contributed by atoms with Crippen molar-refractivity contribution in [2.75, 3.05) is 6.54 Å². The van der Waals surface area contributed by atoms with Gasteiger partial charge in [0.15, 0.2) is 0 Å². The van der Waals surface area contributed by atoms with Gasteiger partial charge in [-0.1, -0.05) is 12.0 Å². The molecule has 0 radical (unpaired) electrons. The van der Waals surface area contributed by atoms with Crippen LogP contribution in [0.5, 0.6) is 0 Å². The molecular formula is C11H11N3. The second-order valence-corrected chi connectivity index (χ2v) is 3.04. The van der Waals surface area contributed by atoms with Gasteiger partial charge in [-0.15, -0.1) is 6.42 Å². The first kappa shape index (κ1) is 8.79. The van der Waals surface area contributed by atoms with Gasteiger partial charge in [0.25, 0.3) is 0 Å². The molecule has 70 valence electrons. The molecule has 14 heavy (non-hydrogen) atoms. The first-order chi connectivity index (χ1) is 6.90. The zero-order chi connectivity index (χ0) is 9.80. The number of pyridine rings is 1. The van der Waals surface area contributed by atoms with Crippen molar-refractivity contribution < 1.29 is 0 Å². The van der Waals surface area contributed by atoms with E-state index in [1.165, 1.54) is 5.56 Å². The standard InChI is InChI=1S/C11H11N3/c1-2-5-12-8-10-3-4-11-13-6-7-14(11)9-10/h1,3-4,6-7,9,12H,5,8H2. The van der Waals surface area contributed by atoms with Crippen molar-refractivity contribution >= 4 is 5.65 Å². The molecular weight excluding hydrogens is 174 g/mol. The van der Waals surface area contributed by atoms with Gasteiger partial charge in [0.05, 0.1) is 6.54 Å². The average molecular weight is 185 g/mol. The van der Waals surface area contributed by atoms with E-state index in [4.69, 9.17) is 6.42 Å². The minimum Gasteiger partial charge on any atom is -0.307 e. The summed E-state index contributed by atoms with van der Waals surface area (Å²) in [6, 6.07) is 4.04. The quantitative estimate of drug-likeness (QED) is 0.572. The summed E-state index contributed by atoms with van der Waals surface area (Å²) in [5.41, 5.74) is 2.16. The van der Waals surface area contributed by atoms with E-state index in [0.717, 1.165) is 12.2 Å². The number of nitrogens with one attached hydrogen (secondary N) is 1. The molecule has 0 saturated heterocycles. The maximum Gasteiger partial charge on any atom is 0.136 e. The molecule has 0 spiro atoms. The molecule has 0 amide bonds. The van der Waals surface area contributed by atoms with Crippen LogP contribution in [0.3, 0.4) is 0 Å². The SMILES string of the molecule is C#CCNCc1ccc2nccn2c1. The number of aromatic nitrogens is 2. The molecule has 1 N–H and O–H groups in total. The molecule has 0 fully saturated rings. The van der Waals surface area contributed by atoms with Crippen molar-refractivity contribution in [1.29, 1.82) is 0 Å². The fraction of sp³-hybridized carbons (Fsp3) is 0.182. The van der Waals surface area contributed by atoms with E-state index in [9.17, 15) is 0 Å². The zero-order valence-electron chi connectivity index (χ0n) is 7.77. The Morgan fingerprint density at radius 3 is 3.29 bits per heavy atom. The van der Waals surface area contributed by atoms with Crippen molar-refractivity contribution in [2.45, 2.75) is 6.54 Å². The van der Waals surface area contributed by atoms with E-state index in [-0.39, 0.29) is 0 Å². The van der Waals surface area contributed by atoms with Crippen molar-refractivity contribution in [1.82, 2.24) is 14.7 Å². The second kappa shape index (κ2) is 3.95. The molecule has 2 aromatic heterocycles. The van der Waals surface area contributed by atoms with Crippen molar-refractivity contribution in [3.05, 3.63) is 36.3 Å². The lowest BCUT2D eigenvalue weighted by Gasteiger charge is -2.02. The predicted molar refractivity (Wildman–Crippen MR) is 55.7 cm³/mol. The molecule has 0 saturated carbocycles. The molecule has 0 atom stereocenters. The third-order valence-corrected chi connectivity index (χ3v) is 2.01. The van der Waals surface area contributed by atoms with E-state index >= 15 is 0 Å². The monoisotopic (exact) mass is 185 g/mol. The summed E-state index contributed by atoms with van der Waals surface area (Å²) in [5.74, 6) is 2.54. The van der Waals surface area contributed by atoms with Gasteiger partial charge >= 0.3 is 0 Å². The largest absolute Gasteiger partial charge is 0.307 e. The van der Waals surface area contributed by atoms with Gasteiger partial charge in [0.1, 0.15) is 5.65 Å². The lowest BCUT2D eigenvalue weighted by Crippen LogP contribution is -2.13. The number of hydrogen-bond donors (Lipinski definition) is 1. The van der Waals surface area contributed by atoms with Crippen LogP contribution < -0.4 is 5.32 Å². The summed E-state index contributed by atoms with van der Waals surface area (Å²) in [6.45, 7) is 1.39. The smallest absolute Gasteiger partial charge is 0.136 e. The van der Waals surface area contributed by atoms with Gasteiger partial charge < -0.3 is 9.72 Å². The molecule has 0 aliphatic heterocycles. The summed E-state index contributed by atoms with van der Waals surface area (Å²) >= 11 is 0. The minimum absolute atomic E-state index is 0.599. The van der Waals surface area contributed by atoms with E-state index in [1.807, 2.05) is 28.9 Å². The molecule has 2 heterocycles. The number of imidazole rings is 1. The Balaban J connectivity index is 2.14. The van der Waals surface area contributed by atoms with Crippen LogP contribution in [0.25, 0.3) is 5.65 Å². The summed E-state index contributed by atoms with van der Waals surface area (Å²) in [5, 5.41) is 3.14. The number of fused-ring (bicyclic) bond motifs is 1. The Kier molecular flexibility index (Phi) is 2.48. The summed E-state index contributed by atoms with van der Waals surface area (Å²) in [4.78, 5) is 4.17. The number of rotatable bonds is 3. The Hall–Kier alpha value is -1.79. The molecule has 0 bridgehead atoms. The number of terminal acetylenes is 1. The maximum absolute atomic E-state index is 5.14. The van der Waals surface area contributed by atoms with Crippen LogP contribution in [0.2, 0.25) is 0 Å². The molecule has 0 aliphatic carbocycles. The van der Waals surface area contributed by atoms with Crippen LogP contribution in [-0.2, 0) is 6.54 Å². The average Bonchev–Trinajstić information content (AvgIpc) is 2.65. The topological polar surface area (TPSA) is 29.3 Å². The van der Waals surface area contributed by atoms with Gasteiger partial charge in [0.2, 0.25) is 0 Å². The van der Waals surface area contributed by atoms with Gasteiger partial charge in [-0.25, -0.2) is 4.98 Å². The predicted octanol–water partition coefficient (Wildman–Crippen LogP) is 1.06. The summed E-state index contributed by atoms with van der Waals surface area (Å²) in [6.07, 6.45) is 10.9. The van der Waals surface area contributed by atoms with Crippen molar-refractivity contribution in [3.8, 4) is 12.3 Å². The molecule has 2 rings (SSSR count). The Morgan fingerprint density at radius 2 is 2.43 bits per heavy atom. The van der Waals surface area contributed by atoms with E-state index in [0.29, 0.717) is 6.54 Å². The Bertz CT molecular complexity index is 465. The fourth-order valence-corrected chi connectivity index (χ4v) is 1.35. The fourth-order valence-electron chi connectivity index (χ4n) is 1.35. The number of nitrogens with zero attached hydrogens (tertiary/aromatic N) is 2. The van der Waals surface area contributed by atoms with Gasteiger partial charge in [-0.3, -0.25) is 0 Å². The van der Waals surface area contributed by atoms with Gasteiger partial charge in [-0.2, -0.15) is 0 Å². The van der Waals surface area contributed by atoms with Crippen LogP contribution in [0, 0.1) is 12.3 Å². The third kappa shape index (κ3) is 1.76. The van der Waals surface area contributed by atoms with E-state index in [2.05, 4.69) is 16.2 Å². The Morgan fingerprint density at radius 1 is 1.50 bits per heavy atom. The van der Waals surface area contributed by atoms with Crippen LogP contribution in [-0.4, -0.2) is 15.9 Å². The van der Waals surface area contributed by atoms with E-state index in [1.54, 1.807) is 6.20 Å². The van der Waals surface area contributed by atoms with Crippen LogP contribution in [0.4, 0.5) is 0 Å². The lowest BCUT2D eigenvalue weighted by atomic mass is 10.3. The highest BCUT2D eigenvalue weighted by molar-refractivity contribution is 5.39. The Labute approximate surface area is 82.8 Å². The number of hydrogen-bond acceptors (Lipinski definition) is 2. The first-order valence-electron chi connectivity index (χ1n) is 4.46. The van der Waals surface area contributed by atoms with Crippen molar-refractivity contribution in [2.24, 2.45) is 0 Å². The third-order valence-electron chi connectivity index (χ3n) is 2.01. The molecule has 0 unspecified atom stereocenters. The highest BCUT2D eigenvalue weighted by Gasteiger charge is 1.95. The first-order valence-corrected chi connectivity index (χ1v) is 4.46. The molecule has 3 heteroatoms. The normalized spacial score (nSPS) is 10.2. The summed E-state index contributed by atoms with van der Waals surface area (Å²) < 4.78 is 1.99. The molecule has 3 nitrogen and oxygen atoms in total.